The van der Waals surface area contributed by atoms with Crippen molar-refractivity contribution in [2.75, 3.05) is 44.3 Å². The van der Waals surface area contributed by atoms with Crippen LogP contribution in [-0.2, 0) is 11.2 Å². The van der Waals surface area contributed by atoms with Crippen LogP contribution < -0.4 is 9.64 Å². The third kappa shape index (κ3) is 4.48. The molecule has 44 heavy (non-hydrogen) atoms. The molecular formula is C34H37F2N5O3. The van der Waals surface area contributed by atoms with Gasteiger partial charge in [-0.05, 0) is 67.1 Å². The monoisotopic (exact) mass is 601 g/mol. The molecule has 8 nitrogen and oxygen atoms in total. The molecule has 0 amide bonds. The number of aromatic hydroxyl groups is 1. The number of aromatic nitrogens is 3. The molecule has 4 aliphatic rings. The number of halogens is 2. The second-order valence-electron chi connectivity index (χ2n) is 13.0. The van der Waals surface area contributed by atoms with E-state index in [4.69, 9.17) is 14.5 Å². The van der Waals surface area contributed by atoms with Crippen LogP contribution >= 0.6 is 0 Å². The normalized spacial score (nSPS) is 26.9. The van der Waals surface area contributed by atoms with E-state index in [0.29, 0.717) is 36.3 Å². The lowest BCUT2D eigenvalue weighted by molar-refractivity contribution is -0.151. The number of anilines is 1. The fourth-order valence-electron chi connectivity index (χ4n) is 8.13. The number of benzene rings is 2. The van der Waals surface area contributed by atoms with Crippen LogP contribution in [-0.4, -0.2) is 81.7 Å². The number of phenols is 1. The molecule has 0 bridgehead atoms. The van der Waals surface area contributed by atoms with E-state index in [-0.39, 0.29) is 40.7 Å². The maximum absolute atomic E-state index is 16.8. The molecule has 0 radical (unpaired) electrons. The number of phenolic OH excluding ortho intramolecular Hbond substituents is 1. The van der Waals surface area contributed by atoms with Crippen molar-refractivity contribution in [2.45, 2.75) is 69.2 Å². The number of pyridine rings is 1. The zero-order valence-electron chi connectivity index (χ0n) is 25.0. The molecule has 4 fully saturated rings. The van der Waals surface area contributed by atoms with E-state index >= 15 is 4.39 Å². The summed E-state index contributed by atoms with van der Waals surface area (Å²) in [4.78, 5) is 18.5. The number of ether oxygens (including phenoxy) is 2. The predicted octanol–water partition coefficient (Wildman–Crippen LogP) is 5.97. The zero-order chi connectivity index (χ0) is 30.1. The van der Waals surface area contributed by atoms with Gasteiger partial charge < -0.3 is 19.5 Å². The van der Waals surface area contributed by atoms with Crippen LogP contribution in [0.5, 0.6) is 11.8 Å². The average Bonchev–Trinajstić information content (AvgIpc) is 3.54. The summed E-state index contributed by atoms with van der Waals surface area (Å²) >= 11 is 0. The Kier molecular flexibility index (Phi) is 6.64. The Bertz CT molecular complexity index is 1760. The van der Waals surface area contributed by atoms with E-state index in [2.05, 4.69) is 26.7 Å². The molecule has 6 heterocycles. The van der Waals surface area contributed by atoms with Gasteiger partial charge in [-0.2, -0.15) is 9.97 Å². The Morgan fingerprint density at radius 3 is 2.82 bits per heavy atom. The lowest BCUT2D eigenvalue weighted by atomic mass is 9.86. The average molecular weight is 602 g/mol. The van der Waals surface area contributed by atoms with E-state index in [1.165, 1.54) is 0 Å². The molecule has 1 unspecified atom stereocenters. The second-order valence-corrected chi connectivity index (χ2v) is 13.0. The van der Waals surface area contributed by atoms with Crippen molar-refractivity contribution in [2.24, 2.45) is 0 Å². The Hall–Kier alpha value is -3.63. The summed E-state index contributed by atoms with van der Waals surface area (Å²) in [6.45, 7) is 5.73. The quantitative estimate of drug-likeness (QED) is 0.290. The van der Waals surface area contributed by atoms with Crippen molar-refractivity contribution >= 4 is 27.5 Å². The van der Waals surface area contributed by atoms with Gasteiger partial charge >= 0.3 is 6.01 Å². The SMILES string of the molecule is CCc1cccc2cc(O)cc(-c3ncc4c(N5CCCC6(CCO6)C5)nc(OC[C@@]56CCCN5C[C@H](F)C6)nc4c3F)c12. The first-order valence-electron chi connectivity index (χ1n) is 15.9. The molecule has 1 spiro atoms. The number of hydrogen-bond donors (Lipinski definition) is 1. The van der Waals surface area contributed by atoms with Gasteiger partial charge in [0.1, 0.15) is 35.6 Å². The number of piperidine rings is 1. The number of hydrogen-bond acceptors (Lipinski definition) is 8. The molecule has 3 atom stereocenters. The molecule has 4 aromatic rings. The van der Waals surface area contributed by atoms with Crippen molar-refractivity contribution in [1.29, 1.82) is 0 Å². The van der Waals surface area contributed by atoms with Crippen LogP contribution in [0, 0.1) is 5.82 Å². The molecular weight excluding hydrogens is 564 g/mol. The largest absolute Gasteiger partial charge is 0.508 e. The van der Waals surface area contributed by atoms with Crippen molar-refractivity contribution < 1.29 is 23.4 Å². The minimum atomic E-state index is -0.879. The molecule has 230 valence electrons. The summed E-state index contributed by atoms with van der Waals surface area (Å²) in [6.07, 6.45) is 6.68. The van der Waals surface area contributed by atoms with Crippen LogP contribution in [0.3, 0.4) is 0 Å². The molecule has 2 aromatic heterocycles. The van der Waals surface area contributed by atoms with E-state index in [9.17, 15) is 9.50 Å². The van der Waals surface area contributed by atoms with Crippen LogP contribution in [0.1, 0.15) is 51.0 Å². The minimum Gasteiger partial charge on any atom is -0.508 e. The van der Waals surface area contributed by atoms with Crippen molar-refractivity contribution in [3.05, 3.63) is 47.9 Å². The van der Waals surface area contributed by atoms with E-state index in [1.807, 2.05) is 18.2 Å². The Morgan fingerprint density at radius 1 is 1.14 bits per heavy atom. The Labute approximate surface area is 255 Å². The van der Waals surface area contributed by atoms with E-state index < -0.39 is 12.0 Å². The standard InChI is InChI=1S/C34H37F2N5O3/c1-2-21-6-3-7-22-14-24(42)15-25(27(21)22)29-28(36)30-26(17-37-29)31(40-11-5-9-34(19-40)10-13-44-34)39-32(38-30)43-20-33-8-4-12-41(33)18-23(35)16-33/h3,6-7,14-15,17,23,42H,2,4-5,8-13,16,18-20H2,1H3/t23-,33+,34?/m1/s1. The highest BCUT2D eigenvalue weighted by Gasteiger charge is 2.49. The topological polar surface area (TPSA) is 83.8 Å². The third-order valence-corrected chi connectivity index (χ3v) is 10.4. The van der Waals surface area contributed by atoms with Crippen molar-refractivity contribution in [3.8, 4) is 23.0 Å². The number of nitrogens with zero attached hydrogens (tertiary/aromatic N) is 5. The fourth-order valence-corrected chi connectivity index (χ4v) is 8.13. The van der Waals surface area contributed by atoms with Gasteiger partial charge in [0, 0.05) is 44.2 Å². The molecule has 1 N–H and O–H groups in total. The number of alkyl halides is 1. The third-order valence-electron chi connectivity index (χ3n) is 10.4. The van der Waals surface area contributed by atoms with Gasteiger partial charge in [-0.1, -0.05) is 25.1 Å². The Balaban J connectivity index is 1.26. The summed E-state index contributed by atoms with van der Waals surface area (Å²) < 4.78 is 43.6. The van der Waals surface area contributed by atoms with Gasteiger partial charge in [-0.25, -0.2) is 8.78 Å². The summed E-state index contributed by atoms with van der Waals surface area (Å²) in [5, 5.41) is 12.8. The van der Waals surface area contributed by atoms with Gasteiger partial charge in [-0.15, -0.1) is 0 Å². The van der Waals surface area contributed by atoms with Gasteiger partial charge in [0.05, 0.1) is 23.1 Å². The van der Waals surface area contributed by atoms with Crippen molar-refractivity contribution in [1.82, 2.24) is 19.9 Å². The summed E-state index contributed by atoms with van der Waals surface area (Å²) in [6, 6.07) is 9.20. The molecule has 10 heteroatoms. The van der Waals surface area contributed by atoms with Gasteiger partial charge in [0.15, 0.2) is 5.82 Å². The first-order valence-corrected chi connectivity index (χ1v) is 15.9. The van der Waals surface area contributed by atoms with Crippen LogP contribution in [0.4, 0.5) is 14.6 Å². The summed E-state index contributed by atoms with van der Waals surface area (Å²) in [7, 11) is 0. The van der Waals surface area contributed by atoms with Crippen LogP contribution in [0.2, 0.25) is 0 Å². The maximum Gasteiger partial charge on any atom is 0.319 e. The summed E-state index contributed by atoms with van der Waals surface area (Å²) in [5.41, 5.74) is 1.19. The van der Waals surface area contributed by atoms with Gasteiger partial charge in [0.2, 0.25) is 0 Å². The lowest BCUT2D eigenvalue weighted by Gasteiger charge is -2.48. The molecule has 4 aliphatic heterocycles. The first kappa shape index (κ1) is 27.9. The maximum atomic E-state index is 16.8. The molecule has 0 aliphatic carbocycles. The highest BCUT2D eigenvalue weighted by Crippen LogP contribution is 2.43. The minimum absolute atomic E-state index is 0.0386. The first-order chi connectivity index (χ1) is 21.4. The zero-order valence-corrected chi connectivity index (χ0v) is 25.0. The van der Waals surface area contributed by atoms with E-state index in [1.54, 1.807) is 18.3 Å². The number of rotatable bonds is 6. The Morgan fingerprint density at radius 2 is 2.00 bits per heavy atom. The molecule has 2 aromatic carbocycles. The predicted molar refractivity (Wildman–Crippen MR) is 165 cm³/mol. The number of aryl methyl sites for hydroxylation is 1. The highest BCUT2D eigenvalue weighted by molar-refractivity contribution is 6.01. The number of fused-ring (bicyclic) bond motifs is 3. The fraction of sp³-hybridized carbons (Fsp3) is 0.500. The lowest BCUT2D eigenvalue weighted by Crippen LogP contribution is -2.56. The van der Waals surface area contributed by atoms with E-state index in [0.717, 1.165) is 74.6 Å². The van der Waals surface area contributed by atoms with Crippen LogP contribution in [0.15, 0.2) is 36.5 Å². The second kappa shape index (κ2) is 10.5. The molecule has 0 saturated carbocycles. The van der Waals surface area contributed by atoms with Gasteiger partial charge in [0.25, 0.3) is 0 Å². The summed E-state index contributed by atoms with van der Waals surface area (Å²) in [5.74, 6) is 0.0190. The highest BCUT2D eigenvalue weighted by atomic mass is 19.1. The van der Waals surface area contributed by atoms with Gasteiger partial charge in [-0.3, -0.25) is 9.88 Å². The molecule has 8 rings (SSSR count). The van der Waals surface area contributed by atoms with Crippen molar-refractivity contribution in [3.63, 3.8) is 0 Å². The van der Waals surface area contributed by atoms with Crippen LogP contribution in [0.25, 0.3) is 32.9 Å². The smallest absolute Gasteiger partial charge is 0.319 e. The molecule has 4 saturated heterocycles.